The van der Waals surface area contributed by atoms with E-state index in [1.165, 1.54) is 16.6 Å². The third-order valence-corrected chi connectivity index (χ3v) is 10.5. The molecule has 2 aromatic rings. The van der Waals surface area contributed by atoms with Crippen LogP contribution < -0.4 is 14.4 Å². The van der Waals surface area contributed by atoms with E-state index >= 15 is 0 Å². The number of sulfonamides is 1. The van der Waals surface area contributed by atoms with Crippen molar-refractivity contribution < 1.29 is 32.5 Å². The summed E-state index contributed by atoms with van der Waals surface area (Å²) in [6.07, 6.45) is 2.18. The zero-order chi connectivity index (χ0) is 27.5. The first kappa shape index (κ1) is 25.8. The van der Waals surface area contributed by atoms with E-state index in [4.69, 9.17) is 14.2 Å². The van der Waals surface area contributed by atoms with Crippen molar-refractivity contribution in [3.05, 3.63) is 53.2 Å². The second kappa shape index (κ2) is 9.72. The Morgan fingerprint density at radius 3 is 2.42 bits per heavy atom. The summed E-state index contributed by atoms with van der Waals surface area (Å²) in [4.78, 5) is 21.4. The fourth-order valence-electron chi connectivity index (χ4n) is 6.20. The van der Waals surface area contributed by atoms with Crippen molar-refractivity contribution in [2.45, 2.75) is 23.8 Å². The van der Waals surface area contributed by atoms with Gasteiger partial charge in [0.25, 0.3) is 11.8 Å². The van der Waals surface area contributed by atoms with Crippen LogP contribution in [0, 0.1) is 5.41 Å². The van der Waals surface area contributed by atoms with Crippen LogP contribution in [0.4, 0.5) is 5.69 Å². The summed E-state index contributed by atoms with van der Waals surface area (Å²) in [5.74, 6) is 0.235. The molecule has 1 amide bonds. The summed E-state index contributed by atoms with van der Waals surface area (Å²) in [6, 6.07) is 9.04. The van der Waals surface area contributed by atoms with Crippen molar-refractivity contribution in [3.8, 4) is 11.6 Å². The van der Waals surface area contributed by atoms with Gasteiger partial charge in [-0.15, -0.1) is 0 Å². The Kier molecular flexibility index (Phi) is 6.26. The minimum atomic E-state index is -3.80. The number of aliphatic hydroxyl groups excluding tert-OH is 1. The molecule has 11 nitrogen and oxygen atoms in total. The summed E-state index contributed by atoms with van der Waals surface area (Å²) in [6.45, 7) is 5.27. The van der Waals surface area contributed by atoms with Gasteiger partial charge in [-0.25, -0.2) is 13.4 Å². The molecular formula is C28H32N4O7S. The number of nitrogens with zero attached hydrogens (tertiary/aromatic N) is 4. The van der Waals surface area contributed by atoms with Gasteiger partial charge in [-0.2, -0.15) is 4.31 Å². The Morgan fingerprint density at radius 1 is 1.00 bits per heavy atom. The molecule has 0 saturated carbocycles. The molecule has 7 rings (SSSR count). The van der Waals surface area contributed by atoms with Gasteiger partial charge in [0, 0.05) is 56.4 Å². The monoisotopic (exact) mass is 568 g/mol. The summed E-state index contributed by atoms with van der Waals surface area (Å²) in [5, 5.41) is 11.0. The van der Waals surface area contributed by atoms with Gasteiger partial charge in [0.15, 0.2) is 11.9 Å². The third kappa shape index (κ3) is 4.43. The molecule has 12 heteroatoms. The van der Waals surface area contributed by atoms with Crippen molar-refractivity contribution in [1.29, 1.82) is 0 Å². The second-order valence-electron chi connectivity index (χ2n) is 11.3. The minimum Gasteiger partial charge on any atom is -0.484 e. The molecule has 1 aromatic carbocycles. The van der Waals surface area contributed by atoms with Crippen LogP contribution in [-0.2, 0) is 19.6 Å². The number of piperidine rings is 1. The van der Waals surface area contributed by atoms with E-state index in [1.54, 1.807) is 11.0 Å². The highest BCUT2D eigenvalue weighted by atomic mass is 32.2. The maximum absolute atomic E-state index is 13.3. The molecule has 40 heavy (non-hydrogen) atoms. The molecule has 1 spiro atoms. The quantitative estimate of drug-likeness (QED) is 0.533. The highest BCUT2D eigenvalue weighted by Crippen LogP contribution is 2.40. The summed E-state index contributed by atoms with van der Waals surface area (Å²) in [5.41, 5.74) is 3.70. The molecule has 0 aliphatic carbocycles. The minimum absolute atomic E-state index is 0.0473. The standard InChI is InChI=1S/C28H32N4O7S/c33-25(19-2-1-3-22(10-19)30-6-4-28(5-7-30)17-37-18-28)27(34)31-13-20-15-32(16-21(20)14-31)40(35,36)23-11-24-26(29-12-23)39-9-8-38-24/h1-3,10-12,25,33H,4-9,13-18H2. The van der Waals surface area contributed by atoms with Gasteiger partial charge < -0.3 is 29.1 Å². The van der Waals surface area contributed by atoms with Crippen LogP contribution in [0.2, 0.25) is 0 Å². The molecule has 2 fully saturated rings. The van der Waals surface area contributed by atoms with E-state index in [-0.39, 0.29) is 23.9 Å². The van der Waals surface area contributed by atoms with Gasteiger partial charge in [-0.05, 0) is 41.7 Å². The lowest BCUT2D eigenvalue weighted by molar-refractivity contribution is -0.139. The maximum atomic E-state index is 13.3. The van der Waals surface area contributed by atoms with Crippen LogP contribution in [-0.4, -0.2) is 99.3 Å². The Balaban J connectivity index is 0.979. The zero-order valence-electron chi connectivity index (χ0n) is 22.1. The second-order valence-corrected chi connectivity index (χ2v) is 13.3. The zero-order valence-corrected chi connectivity index (χ0v) is 22.9. The lowest BCUT2D eigenvalue weighted by atomic mass is 9.77. The number of ether oxygens (including phenoxy) is 3. The van der Waals surface area contributed by atoms with E-state index in [2.05, 4.69) is 9.88 Å². The van der Waals surface area contributed by atoms with Crippen LogP contribution >= 0.6 is 0 Å². The molecule has 6 heterocycles. The number of hydrogen-bond donors (Lipinski definition) is 1. The van der Waals surface area contributed by atoms with Crippen LogP contribution in [0.5, 0.6) is 11.6 Å². The van der Waals surface area contributed by atoms with Crippen molar-refractivity contribution >= 4 is 21.6 Å². The van der Waals surface area contributed by atoms with E-state index in [1.807, 2.05) is 18.2 Å². The molecule has 5 aliphatic heterocycles. The largest absolute Gasteiger partial charge is 0.484 e. The van der Waals surface area contributed by atoms with Gasteiger partial charge in [-0.1, -0.05) is 12.1 Å². The Morgan fingerprint density at radius 2 is 1.73 bits per heavy atom. The Labute approximate surface area is 233 Å². The lowest BCUT2D eigenvalue weighted by Gasteiger charge is -2.47. The van der Waals surface area contributed by atoms with Crippen LogP contribution in [0.15, 0.2) is 52.6 Å². The molecule has 212 valence electrons. The van der Waals surface area contributed by atoms with Gasteiger partial charge in [0.2, 0.25) is 10.0 Å². The molecule has 0 radical (unpaired) electrons. The van der Waals surface area contributed by atoms with Crippen molar-refractivity contribution in [3.63, 3.8) is 0 Å². The SMILES string of the molecule is O=C(C(O)c1cccc(N2CCC3(CC2)COC3)c1)N1CC2=C(C1)CN(S(=O)(=O)c1cnc3c(c1)OCCO3)C2. The van der Waals surface area contributed by atoms with Gasteiger partial charge in [-0.3, -0.25) is 4.79 Å². The average molecular weight is 569 g/mol. The van der Waals surface area contributed by atoms with E-state index in [0.29, 0.717) is 48.9 Å². The van der Waals surface area contributed by atoms with Crippen molar-refractivity contribution in [1.82, 2.24) is 14.2 Å². The molecule has 1 unspecified atom stereocenters. The maximum Gasteiger partial charge on any atom is 0.257 e. The third-order valence-electron chi connectivity index (χ3n) is 8.75. The molecule has 0 bridgehead atoms. The fraction of sp³-hybridized carbons (Fsp3) is 0.500. The summed E-state index contributed by atoms with van der Waals surface area (Å²) < 4.78 is 44.3. The van der Waals surface area contributed by atoms with E-state index in [0.717, 1.165) is 56.0 Å². The van der Waals surface area contributed by atoms with Gasteiger partial charge >= 0.3 is 0 Å². The van der Waals surface area contributed by atoms with Crippen LogP contribution in [0.1, 0.15) is 24.5 Å². The molecule has 1 N–H and O–H groups in total. The number of aliphatic hydroxyl groups is 1. The average Bonchev–Trinajstić information content (AvgIpc) is 3.56. The Hall–Kier alpha value is -3.19. The van der Waals surface area contributed by atoms with Crippen molar-refractivity contribution in [2.75, 3.05) is 70.6 Å². The molecule has 5 aliphatic rings. The number of anilines is 1. The molecule has 1 atom stereocenters. The first-order valence-corrected chi connectivity index (χ1v) is 15.1. The number of rotatable bonds is 5. The fourth-order valence-corrected chi connectivity index (χ4v) is 7.59. The highest BCUT2D eigenvalue weighted by molar-refractivity contribution is 7.89. The molecular weight excluding hydrogens is 536 g/mol. The van der Waals surface area contributed by atoms with Crippen LogP contribution in [0.25, 0.3) is 0 Å². The summed E-state index contributed by atoms with van der Waals surface area (Å²) in [7, 11) is -3.80. The number of benzene rings is 1. The molecule has 2 saturated heterocycles. The predicted octanol–water partition coefficient (Wildman–Crippen LogP) is 1.35. The summed E-state index contributed by atoms with van der Waals surface area (Å²) >= 11 is 0. The lowest BCUT2D eigenvalue weighted by Crippen LogP contribution is -2.50. The first-order chi connectivity index (χ1) is 19.3. The number of carbonyl (C=O) groups excluding carboxylic acids is 1. The number of pyridine rings is 1. The number of amides is 1. The van der Waals surface area contributed by atoms with Crippen molar-refractivity contribution in [2.24, 2.45) is 5.41 Å². The Bertz CT molecular complexity index is 1460. The normalized spacial score (nSPS) is 22.8. The van der Waals surface area contributed by atoms with E-state index in [9.17, 15) is 18.3 Å². The van der Waals surface area contributed by atoms with Crippen LogP contribution in [0.3, 0.4) is 0 Å². The number of carbonyl (C=O) groups is 1. The number of fused-ring (bicyclic) bond motifs is 1. The topological polar surface area (TPSA) is 122 Å². The van der Waals surface area contributed by atoms with E-state index < -0.39 is 16.1 Å². The highest BCUT2D eigenvalue weighted by Gasteiger charge is 2.42. The smallest absolute Gasteiger partial charge is 0.257 e. The molecule has 1 aromatic heterocycles. The number of hydrogen-bond acceptors (Lipinski definition) is 9. The van der Waals surface area contributed by atoms with Gasteiger partial charge in [0.1, 0.15) is 18.1 Å². The van der Waals surface area contributed by atoms with Gasteiger partial charge in [0.05, 0.1) is 19.4 Å². The number of aromatic nitrogens is 1. The predicted molar refractivity (Wildman–Crippen MR) is 144 cm³/mol. The first-order valence-electron chi connectivity index (χ1n) is 13.7.